The molecule has 0 aromatic heterocycles. The molecule has 3 rings (SSSR count). The van der Waals surface area contributed by atoms with Gasteiger partial charge in [-0.3, -0.25) is 0 Å². The van der Waals surface area contributed by atoms with Crippen molar-refractivity contribution < 1.29 is 0 Å². The first-order chi connectivity index (χ1) is 8.42. The molecule has 18 heavy (non-hydrogen) atoms. The van der Waals surface area contributed by atoms with Gasteiger partial charge in [0.1, 0.15) is 0 Å². The highest BCUT2D eigenvalue weighted by molar-refractivity contribution is 5.45. The molecule has 0 N–H and O–H groups in total. The fourth-order valence-corrected chi connectivity index (χ4v) is 4.68. The van der Waals surface area contributed by atoms with Crippen molar-refractivity contribution >= 4 is 0 Å². The molecule has 0 aliphatic heterocycles. The number of aryl methyl sites for hydroxylation is 1. The lowest BCUT2D eigenvalue weighted by Gasteiger charge is -2.35. The van der Waals surface area contributed by atoms with Crippen LogP contribution in [0.15, 0.2) is 18.2 Å². The van der Waals surface area contributed by atoms with Crippen LogP contribution in [0.2, 0.25) is 0 Å². The molecule has 0 spiro atoms. The molecular formula is C18H26. The highest BCUT2D eigenvalue weighted by atomic mass is 14.5. The van der Waals surface area contributed by atoms with Gasteiger partial charge in [0.2, 0.25) is 0 Å². The molecule has 0 amide bonds. The van der Waals surface area contributed by atoms with E-state index in [-0.39, 0.29) is 5.41 Å². The van der Waals surface area contributed by atoms with Crippen LogP contribution in [-0.4, -0.2) is 0 Å². The third-order valence-electron chi connectivity index (χ3n) is 5.34. The number of hydrogen-bond acceptors (Lipinski definition) is 0. The fourth-order valence-electron chi connectivity index (χ4n) is 4.68. The Balaban J connectivity index is 2.15. The van der Waals surface area contributed by atoms with Crippen molar-refractivity contribution in [2.75, 3.05) is 0 Å². The summed E-state index contributed by atoms with van der Waals surface area (Å²) in [5.41, 5.74) is 5.63. The first-order valence-corrected chi connectivity index (χ1v) is 7.53. The summed E-state index contributed by atoms with van der Waals surface area (Å²) in [5.74, 6) is 1.03. The van der Waals surface area contributed by atoms with Gasteiger partial charge in [-0.2, -0.15) is 0 Å². The first-order valence-electron chi connectivity index (χ1n) is 7.53. The Kier molecular flexibility index (Phi) is 2.63. The molecule has 2 aliphatic carbocycles. The van der Waals surface area contributed by atoms with Crippen molar-refractivity contribution in [3.05, 3.63) is 34.9 Å². The first kappa shape index (κ1) is 12.3. The Morgan fingerprint density at radius 2 is 1.78 bits per heavy atom. The van der Waals surface area contributed by atoms with E-state index in [9.17, 15) is 0 Å². The fraction of sp³-hybridized carbons (Fsp3) is 0.667. The second-order valence-electron chi connectivity index (χ2n) is 7.68. The Bertz CT molecular complexity index is 453. The van der Waals surface area contributed by atoms with Crippen molar-refractivity contribution in [1.29, 1.82) is 0 Å². The highest BCUT2D eigenvalue weighted by Gasteiger charge is 2.47. The number of benzene rings is 1. The summed E-state index contributed by atoms with van der Waals surface area (Å²) < 4.78 is 0. The van der Waals surface area contributed by atoms with E-state index in [2.05, 4.69) is 45.9 Å². The maximum Gasteiger partial charge on any atom is -0.00411 e. The van der Waals surface area contributed by atoms with Crippen LogP contribution in [0.4, 0.5) is 0 Å². The third kappa shape index (κ3) is 1.73. The van der Waals surface area contributed by atoms with Gasteiger partial charge in [-0.05, 0) is 72.5 Å². The number of fused-ring (bicyclic) bond motifs is 2. The lowest BCUT2D eigenvalue weighted by molar-refractivity contribution is 0.408. The predicted octanol–water partition coefficient (Wildman–Crippen LogP) is 5.12. The summed E-state index contributed by atoms with van der Waals surface area (Å²) in [6.45, 7) is 9.41. The summed E-state index contributed by atoms with van der Waals surface area (Å²) in [4.78, 5) is 0. The van der Waals surface area contributed by atoms with E-state index >= 15 is 0 Å². The Morgan fingerprint density at radius 3 is 2.28 bits per heavy atom. The summed E-state index contributed by atoms with van der Waals surface area (Å²) in [6.07, 6.45) is 7.27. The molecule has 2 fully saturated rings. The second kappa shape index (κ2) is 3.85. The van der Waals surface area contributed by atoms with E-state index in [1.807, 2.05) is 0 Å². The van der Waals surface area contributed by atoms with Gasteiger partial charge in [0.05, 0.1) is 0 Å². The van der Waals surface area contributed by atoms with E-state index in [4.69, 9.17) is 0 Å². The van der Waals surface area contributed by atoms with Gasteiger partial charge in [0.25, 0.3) is 0 Å². The predicted molar refractivity (Wildman–Crippen MR) is 78.1 cm³/mol. The maximum absolute atomic E-state index is 2.43. The lowest BCUT2D eigenvalue weighted by Crippen LogP contribution is -2.27. The topological polar surface area (TPSA) is 0 Å². The number of rotatable bonds is 1. The van der Waals surface area contributed by atoms with Crippen molar-refractivity contribution in [1.82, 2.24) is 0 Å². The Morgan fingerprint density at radius 1 is 1.11 bits per heavy atom. The summed E-state index contributed by atoms with van der Waals surface area (Å²) in [6, 6.07) is 7.00. The van der Waals surface area contributed by atoms with Gasteiger partial charge in [-0.15, -0.1) is 0 Å². The van der Waals surface area contributed by atoms with Crippen LogP contribution in [0.5, 0.6) is 0 Å². The van der Waals surface area contributed by atoms with Gasteiger partial charge in [0, 0.05) is 0 Å². The molecule has 1 aromatic carbocycles. The molecule has 0 saturated heterocycles. The Labute approximate surface area is 112 Å². The summed E-state index contributed by atoms with van der Waals surface area (Å²) >= 11 is 0. The molecule has 0 unspecified atom stereocenters. The highest BCUT2D eigenvalue weighted by Crippen LogP contribution is 2.57. The van der Waals surface area contributed by atoms with Crippen molar-refractivity contribution in [3.63, 3.8) is 0 Å². The van der Waals surface area contributed by atoms with Crippen LogP contribution < -0.4 is 0 Å². The van der Waals surface area contributed by atoms with Crippen LogP contribution >= 0.6 is 0 Å². The zero-order valence-electron chi connectivity index (χ0n) is 12.3. The molecule has 2 aliphatic rings. The molecule has 0 heteroatoms. The van der Waals surface area contributed by atoms with E-state index < -0.39 is 0 Å². The van der Waals surface area contributed by atoms with Gasteiger partial charge in [-0.25, -0.2) is 0 Å². The Hall–Kier alpha value is -0.780. The molecular weight excluding hydrogens is 216 g/mol. The number of hydrogen-bond donors (Lipinski definition) is 0. The smallest absolute Gasteiger partial charge is 0.00411 e. The second-order valence-corrected chi connectivity index (χ2v) is 7.68. The van der Waals surface area contributed by atoms with E-state index in [0.29, 0.717) is 5.41 Å². The van der Waals surface area contributed by atoms with Crippen LogP contribution in [0.3, 0.4) is 0 Å². The van der Waals surface area contributed by atoms with Crippen LogP contribution in [-0.2, 0) is 10.8 Å². The van der Waals surface area contributed by atoms with Crippen LogP contribution in [0, 0.1) is 12.8 Å². The quantitative estimate of drug-likeness (QED) is 0.641. The molecule has 2 saturated carbocycles. The minimum Gasteiger partial charge on any atom is -0.0617 e. The van der Waals surface area contributed by atoms with Gasteiger partial charge >= 0.3 is 0 Å². The van der Waals surface area contributed by atoms with Crippen LogP contribution in [0.1, 0.15) is 69.6 Å². The zero-order chi connectivity index (χ0) is 13.0. The maximum atomic E-state index is 2.43. The monoisotopic (exact) mass is 242 g/mol. The standard InChI is InChI=1S/C18H26/c1-13-6-5-7-15(16(13)17(2,3)4)18-10-8-14(12-18)9-11-18/h5-7,14H,8-12H2,1-4H3. The zero-order valence-corrected chi connectivity index (χ0v) is 12.3. The molecule has 0 nitrogen and oxygen atoms in total. The van der Waals surface area contributed by atoms with E-state index in [0.717, 1.165) is 5.92 Å². The molecule has 0 heterocycles. The molecule has 98 valence electrons. The summed E-state index contributed by atoms with van der Waals surface area (Å²) in [5, 5.41) is 0. The van der Waals surface area contributed by atoms with Crippen molar-refractivity contribution in [2.24, 2.45) is 5.92 Å². The SMILES string of the molecule is Cc1cccc(C23CCC(CC2)C3)c1C(C)(C)C. The average Bonchev–Trinajstić information content (AvgIpc) is 2.88. The molecule has 0 atom stereocenters. The van der Waals surface area contributed by atoms with Gasteiger partial charge in [-0.1, -0.05) is 39.0 Å². The van der Waals surface area contributed by atoms with Gasteiger partial charge < -0.3 is 0 Å². The minimum absolute atomic E-state index is 0.274. The average molecular weight is 242 g/mol. The lowest BCUT2D eigenvalue weighted by atomic mass is 9.69. The third-order valence-corrected chi connectivity index (χ3v) is 5.34. The van der Waals surface area contributed by atoms with E-state index in [1.165, 1.54) is 37.7 Å². The minimum atomic E-state index is 0.274. The largest absolute Gasteiger partial charge is 0.0617 e. The molecule has 2 bridgehead atoms. The van der Waals surface area contributed by atoms with E-state index in [1.54, 1.807) is 11.1 Å². The van der Waals surface area contributed by atoms with Crippen molar-refractivity contribution in [3.8, 4) is 0 Å². The normalized spacial score (nSPS) is 31.0. The van der Waals surface area contributed by atoms with Crippen molar-refractivity contribution in [2.45, 2.75) is 70.6 Å². The molecule has 0 radical (unpaired) electrons. The van der Waals surface area contributed by atoms with Gasteiger partial charge in [0.15, 0.2) is 0 Å². The summed E-state index contributed by atoms with van der Waals surface area (Å²) in [7, 11) is 0. The van der Waals surface area contributed by atoms with Crippen LogP contribution in [0.25, 0.3) is 0 Å². The molecule has 1 aromatic rings.